The summed E-state index contributed by atoms with van der Waals surface area (Å²) in [6.07, 6.45) is 0. The Hall–Kier alpha value is -1.26. The van der Waals surface area contributed by atoms with Gasteiger partial charge in [-0.15, -0.1) is 0 Å². The molecule has 1 unspecified atom stereocenters. The van der Waals surface area contributed by atoms with Crippen LogP contribution in [0.5, 0.6) is 0 Å². The minimum atomic E-state index is -0.281. The van der Waals surface area contributed by atoms with Crippen LogP contribution in [0.4, 0.5) is 11.4 Å². The molecule has 0 aromatic heterocycles. The van der Waals surface area contributed by atoms with Gasteiger partial charge in [0.1, 0.15) is 0 Å². The summed E-state index contributed by atoms with van der Waals surface area (Å²) in [4.78, 5) is 4.67. The zero-order chi connectivity index (χ0) is 14.8. The van der Waals surface area contributed by atoms with Gasteiger partial charge in [0.15, 0.2) is 0 Å². The number of likely N-dealkylation sites (N-methyl/N-ethyl adjacent to an activating group) is 1. The number of anilines is 2. The van der Waals surface area contributed by atoms with Gasteiger partial charge in [0.2, 0.25) is 0 Å². The maximum Gasteiger partial charge on any atom is 0.0628 e. The number of nitrogens with zero attached hydrogens (tertiary/aromatic N) is 2. The molecule has 0 saturated carbocycles. The minimum Gasteiger partial charge on any atom is -0.394 e. The maximum atomic E-state index is 9.77. The number of aliphatic hydroxyl groups is 1. The Bertz CT molecular complexity index is 449. The predicted molar refractivity (Wildman–Crippen MR) is 85.7 cm³/mol. The normalized spacial score (nSPS) is 18.1. The topological polar surface area (TPSA) is 38.7 Å². The first-order valence-electron chi connectivity index (χ1n) is 7.39. The molecule has 0 bridgehead atoms. The van der Waals surface area contributed by atoms with Crippen LogP contribution in [0.3, 0.4) is 0 Å². The largest absolute Gasteiger partial charge is 0.394 e. The van der Waals surface area contributed by atoms with E-state index in [1.165, 1.54) is 11.4 Å². The summed E-state index contributed by atoms with van der Waals surface area (Å²) in [5.41, 5.74) is 2.24. The molecule has 0 fully saturated rings. The van der Waals surface area contributed by atoms with Crippen LogP contribution in [-0.2, 0) is 0 Å². The van der Waals surface area contributed by atoms with Crippen molar-refractivity contribution in [2.45, 2.75) is 32.4 Å². The van der Waals surface area contributed by atoms with Crippen LogP contribution in [0, 0.1) is 0 Å². The Kier molecular flexibility index (Phi) is 4.55. The van der Waals surface area contributed by atoms with E-state index in [1.807, 2.05) is 0 Å². The quantitative estimate of drug-likeness (QED) is 0.859. The van der Waals surface area contributed by atoms with Gasteiger partial charge in [0.05, 0.1) is 23.5 Å². The molecule has 0 amide bonds. The van der Waals surface area contributed by atoms with Crippen molar-refractivity contribution in [3.8, 4) is 0 Å². The molecule has 1 aliphatic heterocycles. The van der Waals surface area contributed by atoms with Gasteiger partial charge < -0.3 is 20.2 Å². The van der Waals surface area contributed by atoms with Crippen molar-refractivity contribution in [3.63, 3.8) is 0 Å². The average Bonchev–Trinajstić information content (AvgIpc) is 2.41. The number of aliphatic hydroxyl groups excluding tert-OH is 1. The SMILES string of the molecule is CC(C)NC(C)(CO)CN1CCN(C)c2ccccc21. The zero-order valence-corrected chi connectivity index (χ0v) is 13.1. The Morgan fingerprint density at radius 1 is 1.25 bits per heavy atom. The van der Waals surface area contributed by atoms with Crippen molar-refractivity contribution in [1.82, 2.24) is 5.32 Å². The molecule has 1 aromatic rings. The van der Waals surface area contributed by atoms with Crippen LogP contribution in [-0.4, -0.2) is 50.0 Å². The lowest BCUT2D eigenvalue weighted by Gasteiger charge is -2.42. The highest BCUT2D eigenvalue weighted by atomic mass is 16.3. The Labute approximate surface area is 122 Å². The van der Waals surface area contributed by atoms with Crippen LogP contribution in [0.25, 0.3) is 0 Å². The fourth-order valence-corrected chi connectivity index (χ4v) is 2.99. The van der Waals surface area contributed by atoms with Crippen molar-refractivity contribution in [1.29, 1.82) is 0 Å². The van der Waals surface area contributed by atoms with Gasteiger partial charge in [-0.25, -0.2) is 0 Å². The van der Waals surface area contributed by atoms with Crippen LogP contribution in [0.1, 0.15) is 20.8 Å². The van der Waals surface area contributed by atoms with Gasteiger partial charge in [-0.05, 0) is 19.1 Å². The third kappa shape index (κ3) is 3.25. The molecule has 20 heavy (non-hydrogen) atoms. The number of hydrogen-bond acceptors (Lipinski definition) is 4. The predicted octanol–water partition coefficient (Wildman–Crippen LogP) is 1.69. The van der Waals surface area contributed by atoms with Crippen LogP contribution in [0.15, 0.2) is 24.3 Å². The second kappa shape index (κ2) is 6.02. The van der Waals surface area contributed by atoms with Crippen molar-refractivity contribution in [2.24, 2.45) is 0 Å². The molecule has 1 heterocycles. The smallest absolute Gasteiger partial charge is 0.0628 e. The number of rotatable bonds is 5. The zero-order valence-electron chi connectivity index (χ0n) is 13.1. The number of nitrogens with one attached hydrogen (secondary N) is 1. The molecular weight excluding hydrogens is 250 g/mol. The first-order valence-corrected chi connectivity index (χ1v) is 7.39. The summed E-state index contributed by atoms with van der Waals surface area (Å²) in [6.45, 7) is 9.28. The molecule has 112 valence electrons. The first-order chi connectivity index (χ1) is 9.45. The van der Waals surface area contributed by atoms with Gasteiger partial charge in [0, 0.05) is 32.7 Å². The lowest BCUT2D eigenvalue weighted by molar-refractivity contribution is 0.169. The molecule has 4 heteroatoms. The fourth-order valence-electron chi connectivity index (χ4n) is 2.99. The highest BCUT2D eigenvalue weighted by Crippen LogP contribution is 2.32. The summed E-state index contributed by atoms with van der Waals surface area (Å²) in [5, 5.41) is 13.3. The van der Waals surface area contributed by atoms with E-state index in [4.69, 9.17) is 0 Å². The van der Waals surface area contributed by atoms with E-state index in [0.717, 1.165) is 19.6 Å². The second-order valence-electron chi connectivity index (χ2n) is 6.35. The molecule has 0 aliphatic carbocycles. The summed E-state index contributed by atoms with van der Waals surface area (Å²) < 4.78 is 0. The van der Waals surface area contributed by atoms with Crippen molar-refractivity contribution >= 4 is 11.4 Å². The minimum absolute atomic E-state index is 0.139. The fraction of sp³-hybridized carbons (Fsp3) is 0.625. The molecule has 2 rings (SSSR count). The maximum absolute atomic E-state index is 9.77. The van der Waals surface area contributed by atoms with Crippen LogP contribution >= 0.6 is 0 Å². The highest BCUT2D eigenvalue weighted by molar-refractivity contribution is 5.73. The average molecular weight is 277 g/mol. The van der Waals surface area contributed by atoms with E-state index >= 15 is 0 Å². The monoisotopic (exact) mass is 277 g/mol. The van der Waals surface area contributed by atoms with Gasteiger partial charge in [-0.3, -0.25) is 0 Å². The molecule has 1 atom stereocenters. The van der Waals surface area contributed by atoms with Gasteiger partial charge in [-0.2, -0.15) is 0 Å². The second-order valence-corrected chi connectivity index (χ2v) is 6.35. The summed E-state index contributed by atoms with van der Waals surface area (Å²) in [6, 6.07) is 8.84. The highest BCUT2D eigenvalue weighted by Gasteiger charge is 2.30. The first kappa shape index (κ1) is 15.1. The van der Waals surface area contributed by atoms with Gasteiger partial charge in [-0.1, -0.05) is 26.0 Å². The molecule has 4 nitrogen and oxygen atoms in total. The number of para-hydroxylation sites is 2. The van der Waals surface area contributed by atoms with Crippen LogP contribution in [0.2, 0.25) is 0 Å². The summed E-state index contributed by atoms with van der Waals surface area (Å²) in [5.74, 6) is 0. The number of benzene rings is 1. The van der Waals surface area contributed by atoms with Crippen molar-refractivity contribution in [2.75, 3.05) is 43.1 Å². The van der Waals surface area contributed by atoms with E-state index in [9.17, 15) is 5.11 Å². The molecular formula is C16H27N3O. The summed E-state index contributed by atoms with van der Waals surface area (Å²) >= 11 is 0. The molecule has 0 spiro atoms. The Morgan fingerprint density at radius 3 is 2.50 bits per heavy atom. The number of hydrogen-bond donors (Lipinski definition) is 2. The molecule has 0 saturated heterocycles. The third-order valence-electron chi connectivity index (χ3n) is 3.86. The Morgan fingerprint density at radius 2 is 1.90 bits per heavy atom. The lowest BCUT2D eigenvalue weighted by Crippen LogP contribution is -2.57. The van der Waals surface area contributed by atoms with Crippen molar-refractivity contribution in [3.05, 3.63) is 24.3 Å². The van der Waals surface area contributed by atoms with Crippen LogP contribution < -0.4 is 15.1 Å². The van der Waals surface area contributed by atoms with Gasteiger partial charge in [0.25, 0.3) is 0 Å². The molecule has 1 aromatic carbocycles. The molecule has 0 radical (unpaired) electrons. The van der Waals surface area contributed by atoms with E-state index in [0.29, 0.717) is 6.04 Å². The standard InChI is InChI=1S/C16H27N3O/c1-13(2)17-16(3,12-20)11-19-10-9-18(4)14-7-5-6-8-15(14)19/h5-8,13,17,20H,9-12H2,1-4H3. The number of fused-ring (bicyclic) bond motifs is 1. The molecule has 2 N–H and O–H groups in total. The van der Waals surface area contributed by atoms with E-state index < -0.39 is 0 Å². The van der Waals surface area contributed by atoms with E-state index in [2.05, 4.69) is 67.2 Å². The Balaban J connectivity index is 2.20. The summed E-state index contributed by atoms with van der Waals surface area (Å²) in [7, 11) is 2.13. The third-order valence-corrected chi connectivity index (χ3v) is 3.86. The van der Waals surface area contributed by atoms with E-state index in [-0.39, 0.29) is 12.1 Å². The van der Waals surface area contributed by atoms with Crippen molar-refractivity contribution < 1.29 is 5.11 Å². The lowest BCUT2D eigenvalue weighted by atomic mass is 10.00. The van der Waals surface area contributed by atoms with Gasteiger partial charge >= 0.3 is 0 Å². The van der Waals surface area contributed by atoms with E-state index in [1.54, 1.807) is 0 Å². The molecule has 1 aliphatic rings.